The van der Waals surface area contributed by atoms with Crippen LogP contribution >= 0.6 is 0 Å². The van der Waals surface area contributed by atoms with Gasteiger partial charge in [0.1, 0.15) is 0 Å². The highest BCUT2D eigenvalue weighted by Gasteiger charge is 2.36. The third-order valence-corrected chi connectivity index (χ3v) is 3.84. The SMILES string of the molecule is COCCN1C[C@H]2CCC[C@H](C1)C2N. The van der Waals surface area contributed by atoms with Crippen molar-refractivity contribution in [1.29, 1.82) is 0 Å². The molecule has 2 N–H and O–H groups in total. The summed E-state index contributed by atoms with van der Waals surface area (Å²) < 4.78 is 5.12. The van der Waals surface area contributed by atoms with Crippen molar-refractivity contribution in [2.75, 3.05) is 33.4 Å². The molecule has 0 aromatic heterocycles. The van der Waals surface area contributed by atoms with Crippen molar-refractivity contribution in [3.05, 3.63) is 0 Å². The first kappa shape index (κ1) is 10.4. The van der Waals surface area contributed by atoms with E-state index in [1.807, 2.05) is 0 Å². The van der Waals surface area contributed by atoms with Crippen molar-refractivity contribution in [2.45, 2.75) is 25.3 Å². The molecule has 0 radical (unpaired) electrons. The van der Waals surface area contributed by atoms with Gasteiger partial charge in [0.25, 0.3) is 0 Å². The topological polar surface area (TPSA) is 38.5 Å². The third kappa shape index (κ3) is 2.10. The lowest BCUT2D eigenvalue weighted by molar-refractivity contribution is 0.0455. The molecule has 2 rings (SSSR count). The van der Waals surface area contributed by atoms with Crippen LogP contribution in [0.5, 0.6) is 0 Å². The van der Waals surface area contributed by atoms with E-state index < -0.39 is 0 Å². The molecule has 1 aliphatic carbocycles. The fraction of sp³-hybridized carbons (Fsp3) is 1.00. The summed E-state index contributed by atoms with van der Waals surface area (Å²) in [5, 5.41) is 0. The number of fused-ring (bicyclic) bond motifs is 2. The maximum Gasteiger partial charge on any atom is 0.0589 e. The van der Waals surface area contributed by atoms with E-state index in [4.69, 9.17) is 10.5 Å². The molecule has 3 heteroatoms. The van der Waals surface area contributed by atoms with Gasteiger partial charge in [-0.15, -0.1) is 0 Å². The molecule has 1 saturated heterocycles. The molecule has 1 heterocycles. The average Bonchev–Trinajstić information content (AvgIpc) is 2.15. The van der Waals surface area contributed by atoms with E-state index in [1.54, 1.807) is 7.11 Å². The number of rotatable bonds is 3. The van der Waals surface area contributed by atoms with Gasteiger partial charge in [0.2, 0.25) is 0 Å². The Hall–Kier alpha value is -0.120. The number of likely N-dealkylation sites (tertiary alicyclic amines) is 1. The van der Waals surface area contributed by atoms with Gasteiger partial charge in [-0.25, -0.2) is 0 Å². The lowest BCUT2D eigenvalue weighted by Crippen LogP contribution is -2.55. The van der Waals surface area contributed by atoms with Crippen LogP contribution in [0.4, 0.5) is 0 Å². The van der Waals surface area contributed by atoms with Crippen LogP contribution in [0.2, 0.25) is 0 Å². The molecule has 2 atom stereocenters. The van der Waals surface area contributed by atoms with Gasteiger partial charge in [0.05, 0.1) is 6.61 Å². The number of ether oxygens (including phenoxy) is 1. The molecule has 1 aliphatic heterocycles. The second-order valence-electron chi connectivity index (χ2n) is 4.78. The maximum absolute atomic E-state index is 6.22. The predicted molar refractivity (Wildman–Crippen MR) is 57.1 cm³/mol. The molecule has 1 saturated carbocycles. The Morgan fingerprint density at radius 1 is 1.29 bits per heavy atom. The summed E-state index contributed by atoms with van der Waals surface area (Å²) in [5.74, 6) is 1.50. The standard InChI is InChI=1S/C11H22N2O/c1-14-6-5-13-7-9-3-2-4-10(8-13)11(9)12/h9-11H,2-8,12H2,1H3/t9-,10-/m1/s1. The normalized spacial score (nSPS) is 38.6. The fourth-order valence-corrected chi connectivity index (χ4v) is 2.98. The molecular formula is C11H22N2O. The van der Waals surface area contributed by atoms with E-state index in [0.29, 0.717) is 6.04 Å². The largest absolute Gasteiger partial charge is 0.383 e. The molecule has 2 fully saturated rings. The van der Waals surface area contributed by atoms with Crippen molar-refractivity contribution in [3.63, 3.8) is 0 Å². The summed E-state index contributed by atoms with van der Waals surface area (Å²) in [7, 11) is 1.77. The van der Waals surface area contributed by atoms with Crippen molar-refractivity contribution in [3.8, 4) is 0 Å². The molecule has 0 spiro atoms. The second kappa shape index (κ2) is 4.60. The minimum atomic E-state index is 0.475. The van der Waals surface area contributed by atoms with Gasteiger partial charge < -0.3 is 15.4 Å². The summed E-state index contributed by atoms with van der Waals surface area (Å²) in [4.78, 5) is 2.53. The van der Waals surface area contributed by atoms with Crippen molar-refractivity contribution < 1.29 is 4.74 Å². The zero-order valence-corrected chi connectivity index (χ0v) is 9.11. The third-order valence-electron chi connectivity index (χ3n) is 3.84. The predicted octanol–water partition coefficient (Wildman–Crippen LogP) is 0.692. The lowest BCUT2D eigenvalue weighted by Gasteiger charge is -2.45. The van der Waals surface area contributed by atoms with Crippen LogP contribution < -0.4 is 5.73 Å². The maximum atomic E-state index is 6.22. The van der Waals surface area contributed by atoms with Gasteiger partial charge >= 0.3 is 0 Å². The molecular weight excluding hydrogens is 176 g/mol. The van der Waals surface area contributed by atoms with Gasteiger partial charge in [-0.05, 0) is 24.7 Å². The van der Waals surface area contributed by atoms with Crippen LogP contribution in [-0.2, 0) is 4.74 Å². The number of nitrogens with two attached hydrogens (primary N) is 1. The summed E-state index contributed by atoms with van der Waals surface area (Å²) >= 11 is 0. The highest BCUT2D eigenvalue weighted by Crippen LogP contribution is 2.33. The quantitative estimate of drug-likeness (QED) is 0.725. The average molecular weight is 198 g/mol. The van der Waals surface area contributed by atoms with Crippen LogP contribution in [0.25, 0.3) is 0 Å². The van der Waals surface area contributed by atoms with Gasteiger partial charge in [-0.3, -0.25) is 0 Å². The Morgan fingerprint density at radius 2 is 1.93 bits per heavy atom. The Kier molecular flexibility index (Phi) is 3.42. The number of nitrogens with zero attached hydrogens (tertiary/aromatic N) is 1. The Morgan fingerprint density at radius 3 is 2.50 bits per heavy atom. The van der Waals surface area contributed by atoms with E-state index in [0.717, 1.165) is 25.0 Å². The Labute approximate surface area is 86.6 Å². The summed E-state index contributed by atoms with van der Waals surface area (Å²) in [6.45, 7) is 4.33. The number of hydrogen-bond acceptors (Lipinski definition) is 3. The van der Waals surface area contributed by atoms with Gasteiger partial charge in [0, 0.05) is 32.8 Å². The van der Waals surface area contributed by atoms with Gasteiger partial charge in [-0.1, -0.05) is 6.42 Å². The van der Waals surface area contributed by atoms with Crippen molar-refractivity contribution >= 4 is 0 Å². The highest BCUT2D eigenvalue weighted by atomic mass is 16.5. The van der Waals surface area contributed by atoms with Gasteiger partial charge in [0.15, 0.2) is 0 Å². The lowest BCUT2D eigenvalue weighted by atomic mass is 9.74. The van der Waals surface area contributed by atoms with Gasteiger partial charge in [-0.2, -0.15) is 0 Å². The molecule has 3 nitrogen and oxygen atoms in total. The molecule has 14 heavy (non-hydrogen) atoms. The van der Waals surface area contributed by atoms with Crippen molar-refractivity contribution in [2.24, 2.45) is 17.6 Å². The molecule has 0 aromatic carbocycles. The van der Waals surface area contributed by atoms with Crippen LogP contribution in [0.15, 0.2) is 0 Å². The van der Waals surface area contributed by atoms with Crippen molar-refractivity contribution in [1.82, 2.24) is 4.90 Å². The molecule has 2 aliphatic rings. The van der Waals surface area contributed by atoms with Crippen LogP contribution in [0, 0.1) is 11.8 Å². The first-order valence-corrected chi connectivity index (χ1v) is 5.78. The summed E-state index contributed by atoms with van der Waals surface area (Å²) in [6, 6.07) is 0.475. The van der Waals surface area contributed by atoms with Crippen LogP contribution in [0.1, 0.15) is 19.3 Å². The minimum Gasteiger partial charge on any atom is -0.383 e. The van der Waals surface area contributed by atoms with E-state index in [2.05, 4.69) is 4.90 Å². The molecule has 0 unspecified atom stereocenters. The monoisotopic (exact) mass is 198 g/mol. The van der Waals surface area contributed by atoms with E-state index >= 15 is 0 Å². The first-order chi connectivity index (χ1) is 6.81. The van der Waals surface area contributed by atoms with E-state index in [1.165, 1.54) is 32.4 Å². The number of methoxy groups -OCH3 is 1. The smallest absolute Gasteiger partial charge is 0.0589 e. The molecule has 82 valence electrons. The summed E-state index contributed by atoms with van der Waals surface area (Å²) in [5.41, 5.74) is 6.22. The van der Waals surface area contributed by atoms with Crippen LogP contribution in [0.3, 0.4) is 0 Å². The second-order valence-corrected chi connectivity index (χ2v) is 4.78. The molecule has 0 aromatic rings. The zero-order valence-electron chi connectivity index (χ0n) is 9.11. The molecule has 2 bridgehead atoms. The van der Waals surface area contributed by atoms with Crippen LogP contribution in [-0.4, -0.2) is 44.3 Å². The first-order valence-electron chi connectivity index (χ1n) is 5.78. The van der Waals surface area contributed by atoms with E-state index in [9.17, 15) is 0 Å². The Bertz CT molecular complexity index is 172. The molecule has 0 amide bonds. The summed E-state index contributed by atoms with van der Waals surface area (Å²) in [6.07, 6.45) is 4.06. The zero-order chi connectivity index (χ0) is 9.97. The fourth-order valence-electron chi connectivity index (χ4n) is 2.98. The number of hydrogen-bond donors (Lipinski definition) is 1. The Balaban J connectivity index is 1.87. The highest BCUT2D eigenvalue weighted by molar-refractivity contribution is 4.92. The number of piperidine rings is 1. The van der Waals surface area contributed by atoms with E-state index in [-0.39, 0.29) is 0 Å². The minimum absolute atomic E-state index is 0.475.